The third-order valence-electron chi connectivity index (χ3n) is 0.637. The smallest absolute Gasteiger partial charge is 0.140 e. The Morgan fingerprint density at radius 1 is 1.45 bits per heavy atom. The summed E-state index contributed by atoms with van der Waals surface area (Å²) in [4.78, 5) is 3.52. The van der Waals surface area contributed by atoms with Gasteiger partial charge in [0.05, 0.1) is 24.6 Å². The largest absolute Gasteiger partial charge is 0.227 e. The third kappa shape index (κ3) is 5.42. The monoisotopic (exact) mass is 187 g/mol. The van der Waals surface area contributed by atoms with Crippen molar-refractivity contribution in [2.75, 3.05) is 0 Å². The Bertz CT molecular complexity index is 267. The van der Waals surface area contributed by atoms with E-state index in [4.69, 9.17) is 33.7 Å². The first kappa shape index (κ1) is 9.97. The van der Waals surface area contributed by atoms with Crippen LogP contribution in [0.15, 0.2) is 16.2 Å². The van der Waals surface area contributed by atoms with E-state index < -0.39 is 0 Å². The zero-order valence-corrected chi connectivity index (χ0v) is 6.89. The summed E-state index contributed by atoms with van der Waals surface area (Å²) in [5, 5.41) is 16.3. The van der Waals surface area contributed by atoms with Crippen molar-refractivity contribution < 1.29 is 0 Å². The fourth-order valence-electron chi connectivity index (χ4n) is 0.306. The molecule has 0 unspecified atom stereocenters. The second kappa shape index (κ2) is 5.73. The van der Waals surface area contributed by atoms with Crippen LogP contribution in [0, 0.1) is 22.7 Å². The van der Waals surface area contributed by atoms with E-state index in [-0.39, 0.29) is 16.7 Å². The van der Waals surface area contributed by atoms with E-state index in [0.717, 1.165) is 6.08 Å². The average Bonchev–Trinajstić information content (AvgIpc) is 1.87. The van der Waals surface area contributed by atoms with Crippen LogP contribution in [0.2, 0.25) is 0 Å². The number of halogens is 2. The highest BCUT2D eigenvalue weighted by Gasteiger charge is 1.93. The molecule has 0 atom stereocenters. The fraction of sp³-hybridized carbons (Fsp3) is 0.167. The van der Waals surface area contributed by atoms with Gasteiger partial charge in [-0.15, -0.1) is 0 Å². The molecule has 0 aliphatic heterocycles. The Kier molecular flexibility index (Phi) is 5.20. The van der Waals surface area contributed by atoms with E-state index in [9.17, 15) is 0 Å². The molecule has 0 amide bonds. The number of hydrogen-bond donors (Lipinski definition) is 0. The third-order valence-corrected chi connectivity index (χ3v) is 1.05. The molecule has 0 aliphatic carbocycles. The van der Waals surface area contributed by atoms with Crippen molar-refractivity contribution in [1.29, 1.82) is 10.5 Å². The summed E-state index contributed by atoms with van der Waals surface area (Å²) in [5.74, 6) is 0. The molecule has 3 nitrogen and oxygen atoms in total. The van der Waals surface area contributed by atoms with Crippen LogP contribution in [0.1, 0.15) is 6.42 Å². The van der Waals surface area contributed by atoms with E-state index in [1.54, 1.807) is 12.1 Å². The number of allylic oxidation sites excluding steroid dienone is 1. The van der Waals surface area contributed by atoms with Crippen molar-refractivity contribution in [1.82, 2.24) is 0 Å². The van der Waals surface area contributed by atoms with E-state index in [2.05, 4.69) is 4.99 Å². The molecular weight excluding hydrogens is 185 g/mol. The van der Waals surface area contributed by atoms with Gasteiger partial charge in [0, 0.05) is 0 Å². The summed E-state index contributed by atoms with van der Waals surface area (Å²) >= 11 is 10.8. The van der Waals surface area contributed by atoms with Crippen molar-refractivity contribution in [3.05, 3.63) is 11.2 Å². The van der Waals surface area contributed by atoms with Crippen LogP contribution in [0.5, 0.6) is 0 Å². The second-order valence-electron chi connectivity index (χ2n) is 1.42. The second-order valence-corrected chi connectivity index (χ2v) is 2.24. The fourth-order valence-corrected chi connectivity index (χ4v) is 0.651. The predicted octanol–water partition coefficient (Wildman–Crippen LogP) is 2.14. The number of aliphatic imine (C=N–C) groups is 1. The molecule has 0 aromatic carbocycles. The van der Waals surface area contributed by atoms with Crippen molar-refractivity contribution >= 4 is 28.4 Å². The molecule has 0 saturated carbocycles. The lowest BCUT2D eigenvalue weighted by atomic mass is 10.5. The number of rotatable bonds is 2. The summed E-state index contributed by atoms with van der Waals surface area (Å²) in [6.45, 7) is 0. The van der Waals surface area contributed by atoms with Gasteiger partial charge < -0.3 is 0 Å². The summed E-state index contributed by atoms with van der Waals surface area (Å²) in [6, 6.07) is 3.46. The molecule has 0 heterocycles. The zero-order valence-electron chi connectivity index (χ0n) is 5.38. The van der Waals surface area contributed by atoms with Crippen LogP contribution in [-0.2, 0) is 0 Å². The molecule has 5 heteroatoms. The number of hydrogen-bond acceptors (Lipinski definition) is 3. The van der Waals surface area contributed by atoms with Gasteiger partial charge in [0.1, 0.15) is 10.3 Å². The zero-order chi connectivity index (χ0) is 8.69. The van der Waals surface area contributed by atoms with Crippen LogP contribution < -0.4 is 0 Å². The summed E-state index contributed by atoms with van der Waals surface area (Å²) in [7, 11) is 0. The first-order chi connectivity index (χ1) is 5.20. The average molecular weight is 188 g/mol. The summed E-state index contributed by atoms with van der Waals surface area (Å²) in [6.07, 6.45) is 1.03. The topological polar surface area (TPSA) is 59.9 Å². The lowest BCUT2D eigenvalue weighted by Crippen LogP contribution is -1.83. The molecule has 56 valence electrons. The Morgan fingerprint density at radius 2 is 2.09 bits per heavy atom. The predicted molar refractivity (Wildman–Crippen MR) is 43.1 cm³/mol. The highest BCUT2D eigenvalue weighted by atomic mass is 35.5. The molecule has 0 aromatic rings. The van der Waals surface area contributed by atoms with Crippen molar-refractivity contribution in [2.24, 2.45) is 4.99 Å². The van der Waals surface area contributed by atoms with Gasteiger partial charge in [-0.3, -0.25) is 0 Å². The van der Waals surface area contributed by atoms with Gasteiger partial charge in [-0.1, -0.05) is 23.2 Å². The SMILES string of the molecule is N#CC=C(Cl)N=C(Cl)CC#N. The standard InChI is InChI=1S/C6H3Cl2N3/c7-5(1-3-9)11-6(8)2-4-10/h1H,2H2. The van der Waals surface area contributed by atoms with Crippen LogP contribution in [0.3, 0.4) is 0 Å². The molecule has 0 bridgehead atoms. The van der Waals surface area contributed by atoms with Gasteiger partial charge in [0.2, 0.25) is 0 Å². The maximum atomic E-state index is 8.14. The lowest BCUT2D eigenvalue weighted by Gasteiger charge is -1.86. The van der Waals surface area contributed by atoms with Gasteiger partial charge in [-0.25, -0.2) is 4.99 Å². The lowest BCUT2D eigenvalue weighted by molar-refractivity contribution is 1.39. The first-order valence-electron chi connectivity index (χ1n) is 2.56. The molecule has 0 saturated heterocycles. The normalized spacial score (nSPS) is 12.0. The quantitative estimate of drug-likeness (QED) is 0.378. The van der Waals surface area contributed by atoms with Gasteiger partial charge >= 0.3 is 0 Å². The Balaban J connectivity index is 4.24. The highest BCUT2D eigenvalue weighted by molar-refractivity contribution is 6.66. The highest BCUT2D eigenvalue weighted by Crippen LogP contribution is 2.05. The van der Waals surface area contributed by atoms with Gasteiger partial charge in [0.25, 0.3) is 0 Å². The molecule has 11 heavy (non-hydrogen) atoms. The summed E-state index contributed by atoms with van der Waals surface area (Å²) < 4.78 is 0. The number of nitriles is 2. The van der Waals surface area contributed by atoms with E-state index in [1.807, 2.05) is 0 Å². The summed E-state index contributed by atoms with van der Waals surface area (Å²) in [5.41, 5.74) is 0. The van der Waals surface area contributed by atoms with Crippen LogP contribution in [0.25, 0.3) is 0 Å². The van der Waals surface area contributed by atoms with Gasteiger partial charge in [-0.05, 0) is 0 Å². The Morgan fingerprint density at radius 3 is 2.55 bits per heavy atom. The molecule has 0 spiro atoms. The molecule has 0 fully saturated rings. The molecule has 0 rings (SSSR count). The van der Waals surface area contributed by atoms with E-state index in [0.29, 0.717) is 0 Å². The van der Waals surface area contributed by atoms with Crippen molar-refractivity contribution in [2.45, 2.75) is 6.42 Å². The molecule has 0 N–H and O–H groups in total. The molecule has 0 aromatic heterocycles. The minimum Gasteiger partial charge on any atom is -0.227 e. The van der Waals surface area contributed by atoms with Gasteiger partial charge in [-0.2, -0.15) is 10.5 Å². The van der Waals surface area contributed by atoms with Crippen LogP contribution >= 0.6 is 23.2 Å². The molecular formula is C6H3Cl2N3. The molecule has 0 radical (unpaired) electrons. The Hall–Kier alpha value is -1.03. The van der Waals surface area contributed by atoms with E-state index >= 15 is 0 Å². The van der Waals surface area contributed by atoms with Crippen LogP contribution in [0.4, 0.5) is 0 Å². The van der Waals surface area contributed by atoms with Crippen LogP contribution in [-0.4, -0.2) is 5.17 Å². The van der Waals surface area contributed by atoms with Gasteiger partial charge in [0.15, 0.2) is 0 Å². The number of nitrogens with zero attached hydrogens (tertiary/aromatic N) is 3. The first-order valence-corrected chi connectivity index (χ1v) is 3.31. The maximum absolute atomic E-state index is 8.14. The maximum Gasteiger partial charge on any atom is 0.140 e. The van der Waals surface area contributed by atoms with Crippen molar-refractivity contribution in [3.63, 3.8) is 0 Å². The minimum absolute atomic E-state index is 0.00293. The Labute approximate surface area is 74.2 Å². The van der Waals surface area contributed by atoms with Crippen molar-refractivity contribution in [3.8, 4) is 12.1 Å². The molecule has 0 aliphatic rings. The minimum atomic E-state index is -0.0206. The van der Waals surface area contributed by atoms with E-state index in [1.165, 1.54) is 0 Å².